The number of benzene rings is 2. The quantitative estimate of drug-likeness (QED) is 0.279. The average Bonchev–Trinajstić information content (AvgIpc) is 3.66. The van der Waals surface area contributed by atoms with Crippen molar-refractivity contribution in [1.29, 1.82) is 0 Å². The molecule has 2 aliphatic heterocycles. The Balaban J connectivity index is 1.32. The molecule has 3 amide bonds. The van der Waals surface area contributed by atoms with E-state index >= 15 is 0 Å². The number of carbonyl (C=O) groups is 3. The molecule has 0 saturated carbocycles. The number of hydrogen-bond acceptors (Lipinski definition) is 6. The molecule has 2 aliphatic rings. The molecule has 1 aromatic heterocycles. The maximum atomic E-state index is 14.3. The second-order valence-electron chi connectivity index (χ2n) is 12.5. The average molecular weight is 680 g/mol. The van der Waals surface area contributed by atoms with E-state index in [1.54, 1.807) is 4.90 Å². The molecule has 9 nitrogen and oxygen atoms in total. The zero-order valence-corrected chi connectivity index (χ0v) is 27.6. The largest absolute Gasteiger partial charge is 0.399 e. The molecule has 2 fully saturated rings. The molecule has 2 saturated heterocycles. The zero-order valence-electron chi connectivity index (χ0n) is 25.1. The Morgan fingerprint density at radius 2 is 1.76 bits per heavy atom. The number of halogens is 2. The third-order valence-corrected chi connectivity index (χ3v) is 11.6. The van der Waals surface area contributed by atoms with E-state index in [1.807, 2.05) is 55.6 Å². The van der Waals surface area contributed by atoms with Gasteiger partial charge in [0.25, 0.3) is 5.91 Å². The lowest BCUT2D eigenvalue weighted by molar-refractivity contribution is -0.146. The Morgan fingerprint density at radius 1 is 1.04 bits per heavy atom. The van der Waals surface area contributed by atoms with E-state index in [0.717, 1.165) is 34.8 Å². The molecule has 2 aromatic carbocycles. The minimum atomic E-state index is -5.76. The van der Waals surface area contributed by atoms with Crippen LogP contribution in [0.15, 0.2) is 54.6 Å². The van der Waals surface area contributed by atoms with Crippen LogP contribution in [0.3, 0.4) is 0 Å². The lowest BCUT2D eigenvalue weighted by Crippen LogP contribution is -2.58. The third kappa shape index (κ3) is 6.97. The Kier molecular flexibility index (Phi) is 9.50. The summed E-state index contributed by atoms with van der Waals surface area (Å²) in [6, 6.07) is 12.9. The molecule has 3 heterocycles. The van der Waals surface area contributed by atoms with Gasteiger partial charge in [-0.25, -0.2) is 0 Å². The van der Waals surface area contributed by atoms with Crippen molar-refractivity contribution in [2.45, 2.75) is 56.6 Å². The number of nitrogens with one attached hydrogen (secondary N) is 1. The predicted octanol–water partition coefficient (Wildman–Crippen LogP) is 5.58. The summed E-state index contributed by atoms with van der Waals surface area (Å²) in [5.41, 5.74) is -4.81. The van der Waals surface area contributed by atoms with Gasteiger partial charge in [-0.1, -0.05) is 57.2 Å². The van der Waals surface area contributed by atoms with Crippen molar-refractivity contribution in [2.75, 3.05) is 25.4 Å². The highest BCUT2D eigenvalue weighted by molar-refractivity contribution is 7.99. The molecule has 2 unspecified atom stereocenters. The van der Waals surface area contributed by atoms with Crippen LogP contribution in [-0.2, 0) is 19.8 Å². The number of hydrogen-bond donors (Lipinski definition) is 3. The van der Waals surface area contributed by atoms with Crippen LogP contribution in [0.4, 0.5) is 8.78 Å². The highest BCUT2D eigenvalue weighted by Crippen LogP contribution is 2.59. The van der Waals surface area contributed by atoms with E-state index in [9.17, 15) is 27.7 Å². The second kappa shape index (κ2) is 12.8. The number of fused-ring (bicyclic) bond motifs is 1. The molecule has 0 spiro atoms. The van der Waals surface area contributed by atoms with Gasteiger partial charge in [-0.05, 0) is 47.4 Å². The predicted molar refractivity (Wildman–Crippen MR) is 171 cm³/mol. The van der Waals surface area contributed by atoms with Crippen molar-refractivity contribution in [3.63, 3.8) is 0 Å². The van der Waals surface area contributed by atoms with Crippen LogP contribution in [-0.4, -0.2) is 74.8 Å². The third-order valence-electron chi connectivity index (χ3n) is 8.21. The first-order valence-electron chi connectivity index (χ1n) is 14.6. The Labute approximate surface area is 268 Å². The second-order valence-corrected chi connectivity index (χ2v) is 16.5. The van der Waals surface area contributed by atoms with E-state index in [4.69, 9.17) is 9.79 Å². The lowest BCUT2D eigenvalue weighted by atomic mass is 9.85. The van der Waals surface area contributed by atoms with Crippen molar-refractivity contribution in [3.8, 4) is 0 Å². The molecule has 5 rings (SSSR count). The monoisotopic (exact) mass is 679 g/mol. The summed E-state index contributed by atoms with van der Waals surface area (Å²) in [5.74, 6) is -0.246. The Bertz CT molecular complexity index is 1640. The normalized spacial score (nSPS) is 20.3. The number of thioether (sulfide) groups is 1. The summed E-state index contributed by atoms with van der Waals surface area (Å²) >= 11 is 2.82. The number of carbonyl (C=O) groups excluding carboxylic acids is 3. The van der Waals surface area contributed by atoms with E-state index in [2.05, 4.69) is 17.4 Å². The van der Waals surface area contributed by atoms with Crippen LogP contribution < -0.4 is 5.32 Å². The summed E-state index contributed by atoms with van der Waals surface area (Å²) < 4.78 is 40.4. The molecular formula is C31H36F2N3O6PS2. The topological polar surface area (TPSA) is 127 Å². The van der Waals surface area contributed by atoms with Crippen LogP contribution in [0.1, 0.15) is 59.7 Å². The van der Waals surface area contributed by atoms with E-state index in [-0.39, 0.29) is 27.3 Å². The molecule has 0 radical (unpaired) electrons. The number of likely N-dealkylation sites (tertiary alicyclic amines) is 1. The van der Waals surface area contributed by atoms with Gasteiger partial charge in [-0.2, -0.15) is 20.5 Å². The maximum absolute atomic E-state index is 14.3. The molecule has 45 heavy (non-hydrogen) atoms. The van der Waals surface area contributed by atoms with Crippen molar-refractivity contribution >= 4 is 58.5 Å². The SMILES string of the molecule is CC(C)(C)C(NC(=O)c1cc2cc(C(F)(F)P(=O)(O)O)ccc2s1)C(=O)N1CCC[C@H]1C(=O)N1CCSC(c2ccccc2)C1. The van der Waals surface area contributed by atoms with Crippen molar-refractivity contribution in [3.05, 3.63) is 70.6 Å². The van der Waals surface area contributed by atoms with E-state index in [0.29, 0.717) is 37.2 Å². The van der Waals surface area contributed by atoms with Gasteiger partial charge >= 0.3 is 13.3 Å². The molecule has 0 bridgehead atoms. The smallest absolute Gasteiger partial charge is 0.339 e. The zero-order chi connectivity index (χ0) is 32.7. The van der Waals surface area contributed by atoms with Crippen LogP contribution >= 0.6 is 30.7 Å². The molecule has 3 aromatic rings. The molecule has 3 N–H and O–H groups in total. The molecule has 0 aliphatic carbocycles. The number of alkyl halides is 2. The van der Waals surface area contributed by atoms with Gasteiger partial charge in [0.1, 0.15) is 12.1 Å². The molecule has 3 atom stereocenters. The van der Waals surface area contributed by atoms with Gasteiger partial charge in [0.15, 0.2) is 0 Å². The minimum Gasteiger partial charge on any atom is -0.339 e. The van der Waals surface area contributed by atoms with Crippen LogP contribution in [0.2, 0.25) is 0 Å². The first-order chi connectivity index (χ1) is 21.1. The van der Waals surface area contributed by atoms with Crippen LogP contribution in [0.5, 0.6) is 0 Å². The highest BCUT2D eigenvalue weighted by Gasteiger charge is 2.50. The van der Waals surface area contributed by atoms with Gasteiger partial charge < -0.3 is 24.9 Å². The summed E-state index contributed by atoms with van der Waals surface area (Å²) in [5, 5.41) is 3.19. The summed E-state index contributed by atoms with van der Waals surface area (Å²) in [6.07, 6.45) is 1.20. The summed E-state index contributed by atoms with van der Waals surface area (Å²) in [7, 11) is -5.76. The standard InChI is InChI=1S/C31H36F2N3O6PS2/c1-30(2,3)26(34-27(37)24-17-20-16-21(11-12-23(20)45-24)31(32,33)43(40,41)42)29(39)36-13-7-10-22(36)28(38)35-14-15-44-25(18-35)19-8-5-4-6-9-19/h4-6,8-9,11-12,16-17,22,25-26H,7,10,13-15,18H2,1-3H3,(H,34,37)(H2,40,41,42)/t22-,25?,26?/m0/s1. The van der Waals surface area contributed by atoms with Gasteiger partial charge in [-0.15, -0.1) is 11.3 Å². The van der Waals surface area contributed by atoms with E-state index in [1.165, 1.54) is 12.1 Å². The first-order valence-corrected chi connectivity index (χ1v) is 18.1. The number of rotatable bonds is 7. The summed E-state index contributed by atoms with van der Waals surface area (Å²) in [6.45, 7) is 6.99. The number of thiophene rings is 1. The summed E-state index contributed by atoms with van der Waals surface area (Å²) in [4.78, 5) is 63.1. The minimum absolute atomic E-state index is 0.0894. The van der Waals surface area contributed by atoms with Crippen molar-refractivity contribution < 1.29 is 37.5 Å². The van der Waals surface area contributed by atoms with Crippen LogP contribution in [0, 0.1) is 5.41 Å². The highest BCUT2D eigenvalue weighted by atomic mass is 32.2. The van der Waals surface area contributed by atoms with Gasteiger partial charge in [0.05, 0.1) is 4.88 Å². The van der Waals surface area contributed by atoms with Gasteiger partial charge in [-0.3, -0.25) is 18.9 Å². The Hall–Kier alpha value is -2.83. The van der Waals surface area contributed by atoms with Gasteiger partial charge in [0.2, 0.25) is 11.8 Å². The molecular weight excluding hydrogens is 643 g/mol. The van der Waals surface area contributed by atoms with E-state index < -0.39 is 42.2 Å². The Morgan fingerprint density at radius 3 is 2.42 bits per heavy atom. The number of amides is 3. The fourth-order valence-electron chi connectivity index (χ4n) is 5.74. The van der Waals surface area contributed by atoms with Crippen molar-refractivity contribution in [1.82, 2.24) is 15.1 Å². The molecule has 242 valence electrons. The first kappa shape index (κ1) is 33.5. The fraction of sp³-hybridized carbons (Fsp3) is 0.452. The maximum Gasteiger partial charge on any atom is 0.399 e. The fourth-order valence-corrected chi connectivity index (χ4v) is 8.41. The lowest BCUT2D eigenvalue weighted by Gasteiger charge is -2.38. The number of nitrogens with zero attached hydrogens (tertiary/aromatic N) is 2. The van der Waals surface area contributed by atoms with Crippen molar-refractivity contribution in [2.24, 2.45) is 5.41 Å². The van der Waals surface area contributed by atoms with Gasteiger partial charge in [0, 0.05) is 40.9 Å². The molecule has 14 heteroatoms. The van der Waals surface area contributed by atoms with Crippen LogP contribution in [0.25, 0.3) is 10.1 Å².